The van der Waals surface area contributed by atoms with Gasteiger partial charge in [-0.1, -0.05) is 0 Å². The van der Waals surface area contributed by atoms with Gasteiger partial charge in [0, 0.05) is 18.5 Å². The van der Waals surface area contributed by atoms with E-state index in [2.05, 4.69) is 15.6 Å². The number of hydrogen-bond acceptors (Lipinski definition) is 5. The summed E-state index contributed by atoms with van der Waals surface area (Å²) < 4.78 is 5.77. The van der Waals surface area contributed by atoms with E-state index in [0.29, 0.717) is 28.5 Å². The van der Waals surface area contributed by atoms with Crippen LogP contribution in [-0.2, 0) is 11.2 Å². The second-order valence-corrected chi connectivity index (χ2v) is 6.42. The summed E-state index contributed by atoms with van der Waals surface area (Å²) in [5.41, 5.74) is 1.78. The van der Waals surface area contributed by atoms with Gasteiger partial charge in [0.15, 0.2) is 11.5 Å². The zero-order valence-corrected chi connectivity index (χ0v) is 16.2. The molecule has 0 aliphatic carbocycles. The number of nitrogens with zero attached hydrogens (tertiary/aromatic N) is 1. The molecular formula is C18H24BrN3O4. The highest BCUT2D eigenvalue weighted by Gasteiger charge is 2.15. The molecule has 0 radical (unpaired) electrons. The van der Waals surface area contributed by atoms with Crippen LogP contribution in [0.5, 0.6) is 0 Å². The van der Waals surface area contributed by atoms with Gasteiger partial charge in [-0.3, -0.25) is 9.59 Å². The number of piperidine rings is 1. The molecule has 1 aromatic carbocycles. The van der Waals surface area contributed by atoms with Crippen LogP contribution in [0, 0.1) is 5.92 Å². The second-order valence-electron chi connectivity index (χ2n) is 6.42. The van der Waals surface area contributed by atoms with Gasteiger partial charge >= 0.3 is 5.97 Å². The number of carbonyl (C=O) groups is 2. The van der Waals surface area contributed by atoms with Gasteiger partial charge in [-0.05, 0) is 56.5 Å². The predicted molar refractivity (Wildman–Crippen MR) is 103 cm³/mol. The lowest BCUT2D eigenvalue weighted by Crippen LogP contribution is -2.27. The normalized spacial score (nSPS) is 14.8. The van der Waals surface area contributed by atoms with Crippen LogP contribution >= 0.6 is 17.0 Å². The molecule has 1 aliphatic rings. The number of nitrogens with one attached hydrogen (secondary N) is 2. The minimum Gasteiger partial charge on any atom is -0.481 e. The molecule has 1 amide bonds. The molecule has 0 spiro atoms. The molecule has 1 aromatic heterocycles. The summed E-state index contributed by atoms with van der Waals surface area (Å²) in [6.07, 6.45) is 4.16. The number of aryl methyl sites for hydroxylation is 1. The Bertz CT molecular complexity index is 756. The Morgan fingerprint density at radius 2 is 2.08 bits per heavy atom. The minimum absolute atomic E-state index is 0. The van der Waals surface area contributed by atoms with Gasteiger partial charge in [-0.25, -0.2) is 4.98 Å². The number of halogens is 1. The molecular weight excluding hydrogens is 402 g/mol. The number of carboxylic acids is 1. The summed E-state index contributed by atoms with van der Waals surface area (Å²) in [5, 5.41) is 14.6. The topological polar surface area (TPSA) is 104 Å². The van der Waals surface area contributed by atoms with Gasteiger partial charge in [0.25, 0.3) is 5.91 Å². The van der Waals surface area contributed by atoms with E-state index < -0.39 is 5.97 Å². The molecule has 142 valence electrons. The Balaban J connectivity index is 0.00000243. The third-order valence-electron chi connectivity index (χ3n) is 4.54. The van der Waals surface area contributed by atoms with Crippen molar-refractivity contribution >= 4 is 40.0 Å². The van der Waals surface area contributed by atoms with Gasteiger partial charge in [0.2, 0.25) is 0 Å². The first kappa shape index (κ1) is 20.4. The van der Waals surface area contributed by atoms with E-state index in [1.165, 1.54) is 12.8 Å². The molecule has 8 heteroatoms. The van der Waals surface area contributed by atoms with Crippen molar-refractivity contribution in [2.75, 3.05) is 19.6 Å². The first-order valence-electron chi connectivity index (χ1n) is 8.72. The molecule has 3 N–H and O–H groups in total. The third kappa shape index (κ3) is 5.54. The van der Waals surface area contributed by atoms with Crippen molar-refractivity contribution in [1.29, 1.82) is 0 Å². The van der Waals surface area contributed by atoms with Crippen LogP contribution in [0.3, 0.4) is 0 Å². The molecule has 0 saturated carbocycles. The molecule has 0 atom stereocenters. The molecule has 0 bridgehead atoms. The monoisotopic (exact) mass is 425 g/mol. The molecule has 2 heterocycles. The Hall–Kier alpha value is -1.93. The molecule has 0 unspecified atom stereocenters. The number of hydrogen-bond donors (Lipinski definition) is 3. The Labute approximate surface area is 162 Å². The zero-order valence-electron chi connectivity index (χ0n) is 14.5. The van der Waals surface area contributed by atoms with E-state index in [-0.39, 0.29) is 35.9 Å². The first-order valence-corrected chi connectivity index (χ1v) is 8.72. The smallest absolute Gasteiger partial charge is 0.305 e. The highest BCUT2D eigenvalue weighted by atomic mass is 79.9. The van der Waals surface area contributed by atoms with Crippen molar-refractivity contribution < 1.29 is 19.1 Å². The van der Waals surface area contributed by atoms with Crippen molar-refractivity contribution in [3.05, 3.63) is 29.7 Å². The first-order chi connectivity index (χ1) is 12.1. The van der Waals surface area contributed by atoms with Crippen LogP contribution < -0.4 is 10.6 Å². The SMILES string of the molecule is Br.O=C(O)CCNC(=O)c1ccc2oc(CCC3CCNCC3)nc2c1. The number of fused-ring (bicyclic) bond motifs is 1. The maximum Gasteiger partial charge on any atom is 0.305 e. The van der Waals surface area contributed by atoms with Gasteiger partial charge in [-0.15, -0.1) is 17.0 Å². The van der Waals surface area contributed by atoms with Crippen LogP contribution in [0.25, 0.3) is 11.1 Å². The number of rotatable bonds is 7. The van der Waals surface area contributed by atoms with Crippen molar-refractivity contribution in [3.8, 4) is 0 Å². The van der Waals surface area contributed by atoms with Gasteiger partial charge in [0.1, 0.15) is 5.52 Å². The summed E-state index contributed by atoms with van der Waals surface area (Å²) in [4.78, 5) is 27.0. The van der Waals surface area contributed by atoms with E-state index in [0.717, 1.165) is 25.9 Å². The van der Waals surface area contributed by atoms with Gasteiger partial charge in [-0.2, -0.15) is 0 Å². The lowest BCUT2D eigenvalue weighted by atomic mass is 9.93. The quantitative estimate of drug-likeness (QED) is 0.629. The fraction of sp³-hybridized carbons (Fsp3) is 0.500. The number of carbonyl (C=O) groups excluding carboxylic acids is 1. The highest BCUT2D eigenvalue weighted by Crippen LogP contribution is 2.22. The second kappa shape index (κ2) is 9.68. The fourth-order valence-electron chi connectivity index (χ4n) is 3.11. The lowest BCUT2D eigenvalue weighted by molar-refractivity contribution is -0.136. The Kier molecular flexibility index (Phi) is 7.59. The Morgan fingerprint density at radius 3 is 2.81 bits per heavy atom. The summed E-state index contributed by atoms with van der Waals surface area (Å²) in [6, 6.07) is 5.09. The average molecular weight is 426 g/mol. The Morgan fingerprint density at radius 1 is 1.31 bits per heavy atom. The summed E-state index contributed by atoms with van der Waals surface area (Å²) in [7, 11) is 0. The highest BCUT2D eigenvalue weighted by molar-refractivity contribution is 8.93. The molecule has 1 saturated heterocycles. The van der Waals surface area contributed by atoms with Crippen LogP contribution in [0.4, 0.5) is 0 Å². The van der Waals surface area contributed by atoms with Crippen molar-refractivity contribution in [2.24, 2.45) is 5.92 Å². The lowest BCUT2D eigenvalue weighted by Gasteiger charge is -2.21. The fourth-order valence-corrected chi connectivity index (χ4v) is 3.11. The molecule has 26 heavy (non-hydrogen) atoms. The van der Waals surface area contributed by atoms with E-state index in [9.17, 15) is 9.59 Å². The van der Waals surface area contributed by atoms with Crippen LogP contribution in [0.15, 0.2) is 22.6 Å². The number of aliphatic carboxylic acids is 1. The summed E-state index contributed by atoms with van der Waals surface area (Å²) in [5.74, 6) is 0.178. The van der Waals surface area contributed by atoms with Crippen molar-refractivity contribution in [3.63, 3.8) is 0 Å². The number of aromatic nitrogens is 1. The maximum absolute atomic E-state index is 12.0. The van der Waals surface area contributed by atoms with Crippen LogP contribution in [0.1, 0.15) is 41.9 Å². The van der Waals surface area contributed by atoms with Crippen LogP contribution in [-0.4, -0.2) is 41.6 Å². The van der Waals surface area contributed by atoms with E-state index in [1.807, 2.05) is 0 Å². The van der Waals surface area contributed by atoms with Gasteiger partial charge < -0.3 is 20.2 Å². The predicted octanol–water partition coefficient (Wildman–Crippen LogP) is 2.54. The molecule has 1 fully saturated rings. The molecule has 7 nitrogen and oxygen atoms in total. The summed E-state index contributed by atoms with van der Waals surface area (Å²) >= 11 is 0. The zero-order chi connectivity index (χ0) is 17.6. The summed E-state index contributed by atoms with van der Waals surface area (Å²) in [6.45, 7) is 2.27. The van der Waals surface area contributed by atoms with E-state index >= 15 is 0 Å². The minimum atomic E-state index is -0.939. The van der Waals surface area contributed by atoms with Crippen LogP contribution in [0.2, 0.25) is 0 Å². The van der Waals surface area contributed by atoms with Crippen molar-refractivity contribution in [2.45, 2.75) is 32.1 Å². The molecule has 2 aromatic rings. The number of carboxylic acid groups (broad SMARTS) is 1. The van der Waals surface area contributed by atoms with E-state index in [4.69, 9.17) is 9.52 Å². The maximum atomic E-state index is 12.0. The molecule has 3 rings (SSSR count). The number of amides is 1. The number of oxazole rings is 1. The molecule has 1 aliphatic heterocycles. The largest absolute Gasteiger partial charge is 0.481 e. The van der Waals surface area contributed by atoms with Crippen molar-refractivity contribution in [1.82, 2.24) is 15.6 Å². The van der Waals surface area contributed by atoms with E-state index in [1.54, 1.807) is 18.2 Å². The standard InChI is InChI=1S/C18H23N3O4.BrH/c22-17(23)7-10-20-18(24)13-2-3-15-14(11-13)21-16(25-15)4-1-12-5-8-19-9-6-12;/h2-3,11-12,19H,1,4-10H2,(H,20,24)(H,22,23);1H. The number of benzene rings is 1. The average Bonchev–Trinajstić information content (AvgIpc) is 3.02. The van der Waals surface area contributed by atoms with Gasteiger partial charge in [0.05, 0.1) is 6.42 Å². The third-order valence-corrected chi connectivity index (χ3v) is 4.54.